The summed E-state index contributed by atoms with van der Waals surface area (Å²) in [5.41, 5.74) is 15.5. The van der Waals surface area contributed by atoms with E-state index in [1.54, 1.807) is 0 Å². The van der Waals surface area contributed by atoms with Crippen molar-refractivity contribution >= 4 is 78.3 Å². The number of benzene rings is 9. The zero-order valence-corrected chi connectivity index (χ0v) is 36.3. The Kier molecular flexibility index (Phi) is 10.9. The molecule has 3 nitrogen and oxygen atoms in total. The van der Waals surface area contributed by atoms with Crippen LogP contribution in [0, 0.1) is 0 Å². The van der Waals surface area contributed by atoms with Crippen LogP contribution in [-0.4, -0.2) is 0 Å². The van der Waals surface area contributed by atoms with E-state index >= 15 is 0 Å². The largest absolute Gasteiger partial charge is 0.310 e. The van der Waals surface area contributed by atoms with Crippen LogP contribution in [0.25, 0.3) is 27.1 Å². The minimum Gasteiger partial charge on any atom is -0.310 e. The number of hydrogen-bond donors (Lipinski definition) is 0. The molecular formula is C62H49N3. The van der Waals surface area contributed by atoms with Crippen molar-refractivity contribution in [3.05, 3.63) is 265 Å². The van der Waals surface area contributed by atoms with Crippen LogP contribution in [0.4, 0.5) is 51.2 Å². The lowest BCUT2D eigenvalue weighted by Crippen LogP contribution is -2.14. The predicted molar refractivity (Wildman–Crippen MR) is 277 cm³/mol. The van der Waals surface area contributed by atoms with Crippen molar-refractivity contribution in [3.63, 3.8) is 0 Å². The molecule has 9 aromatic rings. The van der Waals surface area contributed by atoms with Crippen molar-refractivity contribution < 1.29 is 0 Å². The van der Waals surface area contributed by atoms with E-state index < -0.39 is 0 Å². The molecule has 2 aliphatic rings. The van der Waals surface area contributed by atoms with E-state index in [0.29, 0.717) is 0 Å². The van der Waals surface area contributed by atoms with Crippen LogP contribution in [0.5, 0.6) is 0 Å². The molecule has 0 saturated carbocycles. The number of allylic oxidation sites excluding steroid dienone is 8. The Bertz CT molecular complexity index is 3110. The Balaban J connectivity index is 1.25. The van der Waals surface area contributed by atoms with Crippen molar-refractivity contribution in [3.8, 4) is 0 Å². The van der Waals surface area contributed by atoms with Crippen LogP contribution in [-0.2, 0) is 0 Å². The van der Waals surface area contributed by atoms with Gasteiger partial charge in [0, 0.05) is 56.3 Å². The van der Waals surface area contributed by atoms with Gasteiger partial charge in [-0.1, -0.05) is 152 Å². The summed E-state index contributed by atoms with van der Waals surface area (Å²) in [7, 11) is 0. The second-order valence-corrected chi connectivity index (χ2v) is 16.7. The van der Waals surface area contributed by atoms with Gasteiger partial charge in [0.15, 0.2) is 0 Å². The van der Waals surface area contributed by atoms with Gasteiger partial charge in [-0.2, -0.15) is 0 Å². The van der Waals surface area contributed by atoms with E-state index in [1.807, 2.05) is 0 Å². The van der Waals surface area contributed by atoms with Crippen molar-refractivity contribution in [2.24, 2.45) is 0 Å². The summed E-state index contributed by atoms with van der Waals surface area (Å²) in [5, 5.41) is 4.81. The summed E-state index contributed by atoms with van der Waals surface area (Å²) in [6.45, 7) is 0. The second-order valence-electron chi connectivity index (χ2n) is 16.7. The van der Waals surface area contributed by atoms with Crippen LogP contribution >= 0.6 is 0 Å². The van der Waals surface area contributed by atoms with E-state index in [0.717, 1.165) is 76.9 Å². The highest BCUT2D eigenvalue weighted by Crippen LogP contribution is 2.51. The van der Waals surface area contributed by atoms with Crippen LogP contribution < -0.4 is 14.7 Å². The molecule has 0 bridgehead atoms. The smallest absolute Gasteiger partial charge is 0.0619 e. The molecule has 65 heavy (non-hydrogen) atoms. The Labute approximate surface area is 382 Å². The molecule has 0 N–H and O–H groups in total. The normalized spacial score (nSPS) is 13.5. The SMILES string of the molecule is C1=CCCC(C2=CC=C(c3c4cc(N(c5ccccc5)c5ccccc5)ccc4c(N(c4ccccc4)c4ccccc4)c4cc(N(c5ccccc5)c5ccccc5)ccc34)CC2)=C1. The first-order chi connectivity index (χ1) is 32.3. The Morgan fingerprint density at radius 1 is 0.277 bits per heavy atom. The fourth-order valence-corrected chi connectivity index (χ4v) is 9.79. The summed E-state index contributed by atoms with van der Waals surface area (Å²) in [6, 6.07) is 79.0. The number of para-hydroxylation sites is 6. The average Bonchev–Trinajstić information content (AvgIpc) is 3.39. The lowest BCUT2D eigenvalue weighted by molar-refractivity contribution is 0.906. The van der Waals surface area contributed by atoms with Gasteiger partial charge in [-0.15, -0.1) is 0 Å². The molecule has 0 saturated heterocycles. The average molecular weight is 836 g/mol. The van der Waals surface area contributed by atoms with E-state index in [9.17, 15) is 0 Å². The van der Waals surface area contributed by atoms with Crippen molar-refractivity contribution in [1.29, 1.82) is 0 Å². The zero-order valence-electron chi connectivity index (χ0n) is 36.3. The molecule has 2 aliphatic carbocycles. The molecule has 11 rings (SSSR count). The van der Waals surface area contributed by atoms with Crippen LogP contribution in [0.2, 0.25) is 0 Å². The van der Waals surface area contributed by atoms with Crippen LogP contribution in [0.15, 0.2) is 260 Å². The molecule has 0 spiro atoms. The van der Waals surface area contributed by atoms with Gasteiger partial charge in [0.25, 0.3) is 0 Å². The first kappa shape index (κ1) is 39.7. The maximum Gasteiger partial charge on any atom is 0.0619 e. The van der Waals surface area contributed by atoms with E-state index in [4.69, 9.17) is 0 Å². The highest BCUT2D eigenvalue weighted by molar-refractivity contribution is 6.21. The molecule has 0 radical (unpaired) electrons. The number of fused-ring (bicyclic) bond motifs is 2. The molecule has 9 aromatic carbocycles. The number of rotatable bonds is 11. The summed E-state index contributed by atoms with van der Waals surface area (Å²) < 4.78 is 0. The molecule has 0 atom stereocenters. The maximum atomic E-state index is 2.47. The van der Waals surface area contributed by atoms with Gasteiger partial charge in [0.2, 0.25) is 0 Å². The summed E-state index contributed by atoms with van der Waals surface area (Å²) >= 11 is 0. The van der Waals surface area contributed by atoms with Crippen molar-refractivity contribution in [2.45, 2.75) is 25.7 Å². The van der Waals surface area contributed by atoms with Gasteiger partial charge in [-0.3, -0.25) is 0 Å². The van der Waals surface area contributed by atoms with Crippen molar-refractivity contribution in [1.82, 2.24) is 0 Å². The standard InChI is InChI=1S/C62H49N3/c1-8-22-46(23-9-1)47-36-38-48(39-37-47)61-57-42-40-56(64(51-28-14-4-15-29-51)52-30-16-5-17-31-52)45-60(57)62(65(53-32-18-6-19-33-53)54-34-20-7-21-35-54)58-43-41-55(44-59(58)61)63(49-24-10-2-11-25-49)50-26-12-3-13-27-50/h1-8,10-22,24-36,38,40-45H,9,23,37,39H2. The highest BCUT2D eigenvalue weighted by Gasteiger charge is 2.26. The first-order valence-electron chi connectivity index (χ1n) is 22.8. The number of hydrogen-bond acceptors (Lipinski definition) is 3. The molecule has 0 heterocycles. The minimum absolute atomic E-state index is 0.949. The predicted octanol–water partition coefficient (Wildman–Crippen LogP) is 17.8. The molecule has 0 unspecified atom stereocenters. The first-order valence-corrected chi connectivity index (χ1v) is 22.8. The monoisotopic (exact) mass is 835 g/mol. The molecule has 0 fully saturated rings. The quantitative estimate of drug-likeness (QED) is 0.120. The Hall–Kier alpha value is -8.14. The van der Waals surface area contributed by atoms with Crippen LogP contribution in [0.3, 0.4) is 0 Å². The highest BCUT2D eigenvalue weighted by atomic mass is 15.2. The third kappa shape index (κ3) is 7.83. The van der Waals surface area contributed by atoms with Crippen LogP contribution in [0.1, 0.15) is 31.2 Å². The molecule has 312 valence electrons. The fourth-order valence-electron chi connectivity index (χ4n) is 9.79. The Morgan fingerprint density at radius 3 is 1.08 bits per heavy atom. The fraction of sp³-hybridized carbons (Fsp3) is 0.0645. The van der Waals surface area contributed by atoms with Crippen molar-refractivity contribution in [2.75, 3.05) is 14.7 Å². The topological polar surface area (TPSA) is 9.72 Å². The zero-order chi connectivity index (χ0) is 43.4. The van der Waals surface area contributed by atoms with E-state index in [-0.39, 0.29) is 0 Å². The molecule has 0 aromatic heterocycles. The van der Waals surface area contributed by atoms with Gasteiger partial charge in [0.1, 0.15) is 0 Å². The molecule has 3 heteroatoms. The third-order valence-corrected chi connectivity index (χ3v) is 12.8. The number of anilines is 9. The van der Waals surface area contributed by atoms with Gasteiger partial charge in [0.05, 0.1) is 5.69 Å². The minimum atomic E-state index is 0.949. The second kappa shape index (κ2) is 17.9. The van der Waals surface area contributed by atoms with Gasteiger partial charge < -0.3 is 14.7 Å². The van der Waals surface area contributed by atoms with E-state index in [2.05, 4.69) is 263 Å². The van der Waals surface area contributed by atoms with Gasteiger partial charge in [-0.25, -0.2) is 0 Å². The summed E-state index contributed by atoms with van der Waals surface area (Å²) in [6.07, 6.45) is 15.8. The van der Waals surface area contributed by atoms with Gasteiger partial charge in [-0.05, 0) is 156 Å². The Morgan fingerprint density at radius 2 is 0.662 bits per heavy atom. The maximum absolute atomic E-state index is 2.47. The summed E-state index contributed by atoms with van der Waals surface area (Å²) in [5.74, 6) is 0. The lowest BCUT2D eigenvalue weighted by Gasteiger charge is -2.32. The van der Waals surface area contributed by atoms with Gasteiger partial charge >= 0.3 is 0 Å². The number of nitrogens with zero attached hydrogens (tertiary/aromatic N) is 3. The summed E-state index contributed by atoms with van der Waals surface area (Å²) in [4.78, 5) is 7.23. The third-order valence-electron chi connectivity index (χ3n) is 12.8. The lowest BCUT2D eigenvalue weighted by atomic mass is 9.83. The van der Waals surface area contributed by atoms with E-state index in [1.165, 1.54) is 43.8 Å². The molecule has 0 aliphatic heterocycles. The molecule has 0 amide bonds. The molecular weight excluding hydrogens is 787 g/mol.